The summed E-state index contributed by atoms with van der Waals surface area (Å²) in [6, 6.07) is 27.4. The molecule has 0 aliphatic heterocycles. The van der Waals surface area contributed by atoms with Crippen molar-refractivity contribution in [3.05, 3.63) is 120 Å². The SMILES string of the molecule is CC(C)(C)[Si](OCCOC[C@H](Oc1ncnc2c1cnn2-c1ncccc1Cl)C(=O)Nc1ccc(Cl)cn1)(c1ccccc1)c1ccccc1. The van der Waals surface area contributed by atoms with Gasteiger partial charge in [-0.1, -0.05) is 105 Å². The van der Waals surface area contributed by atoms with Crippen LogP contribution < -0.4 is 20.4 Å². The lowest BCUT2D eigenvalue weighted by Crippen LogP contribution is -2.66. The second kappa shape index (κ2) is 15.4. The molecule has 1 N–H and O–H groups in total. The number of carbonyl (C=O) groups excluding carboxylic acids is 1. The number of rotatable bonds is 13. The number of ether oxygens (including phenoxy) is 2. The Labute approximate surface area is 300 Å². The van der Waals surface area contributed by atoms with Crippen LogP contribution in [0.2, 0.25) is 15.1 Å². The molecule has 2 aromatic carbocycles. The molecule has 50 heavy (non-hydrogen) atoms. The summed E-state index contributed by atoms with van der Waals surface area (Å²) < 4.78 is 20.8. The summed E-state index contributed by atoms with van der Waals surface area (Å²) in [6.45, 7) is 7.01. The van der Waals surface area contributed by atoms with E-state index in [0.717, 1.165) is 10.4 Å². The van der Waals surface area contributed by atoms with Crippen LogP contribution in [0, 0.1) is 0 Å². The fraction of sp³-hybridized carbons (Fsp3) is 0.222. The van der Waals surface area contributed by atoms with Gasteiger partial charge in [0.05, 0.1) is 36.1 Å². The van der Waals surface area contributed by atoms with Crippen molar-refractivity contribution in [1.29, 1.82) is 0 Å². The van der Waals surface area contributed by atoms with Crippen LogP contribution in [0.4, 0.5) is 5.82 Å². The maximum absolute atomic E-state index is 13.6. The van der Waals surface area contributed by atoms with Gasteiger partial charge in [-0.25, -0.2) is 19.9 Å². The first-order chi connectivity index (χ1) is 24.2. The van der Waals surface area contributed by atoms with Gasteiger partial charge >= 0.3 is 0 Å². The van der Waals surface area contributed by atoms with Crippen molar-refractivity contribution in [3.8, 4) is 11.7 Å². The standard InChI is InChI=1S/C36H35Cl2N7O4Si/c1-36(2,3)50(26-11-6-4-7-12-26,27-13-8-5-9-14-27)48-20-19-47-23-30(34(46)44-31-17-16-25(37)21-40-31)49-35-28-22-43-45(32(28)41-24-42-35)33-29(38)15-10-18-39-33/h4-18,21-22,24,30H,19-20,23H2,1-3H3,(H,40,44,46)/t30-/m0/s1. The summed E-state index contributed by atoms with van der Waals surface area (Å²) in [5.74, 6) is 0.318. The van der Waals surface area contributed by atoms with Crippen LogP contribution in [0.1, 0.15) is 20.8 Å². The molecule has 0 fully saturated rings. The quantitative estimate of drug-likeness (QED) is 0.114. The summed E-state index contributed by atoms with van der Waals surface area (Å²) in [5, 5.41) is 10.6. The lowest BCUT2D eigenvalue weighted by Gasteiger charge is -2.43. The van der Waals surface area contributed by atoms with Gasteiger partial charge in [0.25, 0.3) is 14.2 Å². The molecule has 4 heterocycles. The van der Waals surface area contributed by atoms with E-state index in [2.05, 4.69) is 75.4 Å². The third-order valence-corrected chi connectivity index (χ3v) is 13.6. The Hall–Kier alpha value is -4.72. The number of nitrogens with zero attached hydrogens (tertiary/aromatic N) is 6. The molecule has 0 unspecified atom stereocenters. The summed E-state index contributed by atoms with van der Waals surface area (Å²) in [6.07, 6.45) is 4.76. The van der Waals surface area contributed by atoms with Gasteiger partial charge in [0.15, 0.2) is 11.5 Å². The van der Waals surface area contributed by atoms with Gasteiger partial charge in [-0.3, -0.25) is 4.79 Å². The van der Waals surface area contributed by atoms with E-state index in [1.165, 1.54) is 23.4 Å². The van der Waals surface area contributed by atoms with Crippen LogP contribution in [0.25, 0.3) is 16.9 Å². The molecule has 14 heteroatoms. The minimum Gasteiger partial charge on any atom is -0.461 e. The number of benzene rings is 2. The molecule has 11 nitrogen and oxygen atoms in total. The molecule has 0 bridgehead atoms. The molecule has 0 aliphatic carbocycles. The van der Waals surface area contributed by atoms with Gasteiger partial charge in [0, 0.05) is 12.4 Å². The third kappa shape index (κ3) is 7.54. The van der Waals surface area contributed by atoms with Crippen LogP contribution in [0.15, 0.2) is 110 Å². The number of nitrogens with one attached hydrogen (secondary N) is 1. The van der Waals surface area contributed by atoms with E-state index in [4.69, 9.17) is 37.1 Å². The first-order valence-corrected chi connectivity index (χ1v) is 18.6. The fourth-order valence-corrected chi connectivity index (χ4v) is 10.6. The van der Waals surface area contributed by atoms with Crippen LogP contribution in [0.3, 0.4) is 0 Å². The van der Waals surface area contributed by atoms with E-state index in [0.29, 0.717) is 32.7 Å². The van der Waals surface area contributed by atoms with Gasteiger partial charge in [0.1, 0.15) is 17.5 Å². The van der Waals surface area contributed by atoms with Crippen molar-refractivity contribution in [2.75, 3.05) is 25.1 Å². The highest BCUT2D eigenvalue weighted by Crippen LogP contribution is 2.36. The molecule has 1 amide bonds. The second-order valence-electron chi connectivity index (χ2n) is 12.3. The highest BCUT2D eigenvalue weighted by Gasteiger charge is 2.50. The summed E-state index contributed by atoms with van der Waals surface area (Å²) in [4.78, 5) is 30.8. The molecule has 0 aliphatic rings. The second-order valence-corrected chi connectivity index (χ2v) is 17.5. The number of anilines is 1. The number of carbonyl (C=O) groups is 1. The van der Waals surface area contributed by atoms with Gasteiger partial charge in [0.2, 0.25) is 12.0 Å². The number of hydrogen-bond acceptors (Lipinski definition) is 9. The zero-order chi connectivity index (χ0) is 35.1. The summed E-state index contributed by atoms with van der Waals surface area (Å²) in [5.41, 5.74) is 0.397. The molecule has 0 spiro atoms. The Kier molecular flexibility index (Phi) is 10.8. The normalized spacial score (nSPS) is 12.5. The Balaban J connectivity index is 1.22. The zero-order valence-corrected chi connectivity index (χ0v) is 30.2. The molecule has 1 atom stereocenters. The Morgan fingerprint density at radius 3 is 2.22 bits per heavy atom. The maximum atomic E-state index is 13.6. The number of pyridine rings is 2. The molecular weight excluding hydrogens is 693 g/mol. The smallest absolute Gasteiger partial charge is 0.269 e. The molecular formula is C36H35Cl2N7O4Si. The first-order valence-electron chi connectivity index (χ1n) is 15.9. The minimum atomic E-state index is -2.78. The van der Waals surface area contributed by atoms with E-state index in [1.807, 2.05) is 36.4 Å². The largest absolute Gasteiger partial charge is 0.461 e. The van der Waals surface area contributed by atoms with Crippen LogP contribution in [0.5, 0.6) is 5.88 Å². The average molecular weight is 729 g/mol. The molecule has 0 radical (unpaired) electrons. The van der Waals surface area contributed by atoms with E-state index in [1.54, 1.807) is 30.5 Å². The molecule has 256 valence electrons. The molecule has 6 aromatic rings. The Morgan fingerprint density at radius 1 is 0.860 bits per heavy atom. The lowest BCUT2D eigenvalue weighted by molar-refractivity contribution is -0.125. The van der Waals surface area contributed by atoms with Crippen molar-refractivity contribution in [2.45, 2.75) is 31.9 Å². The van der Waals surface area contributed by atoms with Crippen LogP contribution in [-0.2, 0) is 14.0 Å². The number of hydrogen-bond donors (Lipinski definition) is 1. The van der Waals surface area contributed by atoms with E-state index >= 15 is 0 Å². The number of fused-ring (bicyclic) bond motifs is 1. The minimum absolute atomic E-state index is 0.116. The monoisotopic (exact) mass is 727 g/mol. The first kappa shape index (κ1) is 35.1. The third-order valence-electron chi connectivity index (χ3n) is 8.03. The fourth-order valence-electron chi connectivity index (χ4n) is 5.76. The topological polar surface area (TPSA) is 126 Å². The predicted molar refractivity (Wildman–Crippen MR) is 196 cm³/mol. The summed E-state index contributed by atoms with van der Waals surface area (Å²) in [7, 11) is -2.78. The lowest BCUT2D eigenvalue weighted by atomic mass is 10.2. The van der Waals surface area contributed by atoms with Crippen molar-refractivity contribution < 1.29 is 18.7 Å². The Morgan fingerprint density at radius 2 is 1.58 bits per heavy atom. The zero-order valence-electron chi connectivity index (χ0n) is 27.7. The Bertz CT molecular complexity index is 2010. The molecule has 0 saturated heterocycles. The molecule has 0 saturated carbocycles. The van der Waals surface area contributed by atoms with E-state index in [9.17, 15) is 4.79 Å². The number of amides is 1. The van der Waals surface area contributed by atoms with Crippen molar-refractivity contribution >= 4 is 64.7 Å². The predicted octanol–water partition coefficient (Wildman–Crippen LogP) is 5.89. The number of halogens is 2. The van der Waals surface area contributed by atoms with E-state index in [-0.39, 0.29) is 30.7 Å². The molecule has 4 aromatic heterocycles. The van der Waals surface area contributed by atoms with Crippen molar-refractivity contribution in [1.82, 2.24) is 29.7 Å². The summed E-state index contributed by atoms with van der Waals surface area (Å²) >= 11 is 12.4. The van der Waals surface area contributed by atoms with Gasteiger partial charge < -0.3 is 19.2 Å². The van der Waals surface area contributed by atoms with E-state index < -0.39 is 20.3 Å². The van der Waals surface area contributed by atoms with Gasteiger partial charge in [-0.05, 0) is 39.7 Å². The van der Waals surface area contributed by atoms with Crippen LogP contribution >= 0.6 is 23.2 Å². The molecule has 6 rings (SSSR count). The van der Waals surface area contributed by atoms with Crippen molar-refractivity contribution in [3.63, 3.8) is 0 Å². The number of aromatic nitrogens is 6. The maximum Gasteiger partial charge on any atom is 0.269 e. The van der Waals surface area contributed by atoms with Crippen LogP contribution in [-0.4, -0.2) is 69.9 Å². The highest BCUT2D eigenvalue weighted by molar-refractivity contribution is 6.99. The average Bonchev–Trinajstić information content (AvgIpc) is 3.55. The van der Waals surface area contributed by atoms with Gasteiger partial charge in [-0.2, -0.15) is 9.78 Å². The van der Waals surface area contributed by atoms with Gasteiger partial charge in [-0.15, -0.1) is 0 Å². The highest BCUT2D eigenvalue weighted by atomic mass is 35.5. The van der Waals surface area contributed by atoms with Crippen molar-refractivity contribution in [2.24, 2.45) is 0 Å².